The number of nitrogens with two attached hydrogens (primary N) is 1. The summed E-state index contributed by atoms with van der Waals surface area (Å²) in [6.45, 7) is -0.269. The Morgan fingerprint density at radius 3 is 2.23 bits per heavy atom. The van der Waals surface area contributed by atoms with Crippen molar-refractivity contribution in [3.05, 3.63) is 35.4 Å². The van der Waals surface area contributed by atoms with E-state index in [1.807, 2.05) is 0 Å². The first-order valence-electron chi connectivity index (χ1n) is 6.26. The van der Waals surface area contributed by atoms with E-state index in [0.717, 1.165) is 4.90 Å². The second kappa shape index (κ2) is 4.91. The Morgan fingerprint density at radius 2 is 1.73 bits per heavy atom. The summed E-state index contributed by atoms with van der Waals surface area (Å²) < 4.78 is 24.1. The van der Waals surface area contributed by atoms with Crippen LogP contribution in [0.15, 0.2) is 29.4 Å². The fraction of sp³-hybridized carbons (Fsp3) is 0.167. The van der Waals surface area contributed by atoms with E-state index in [0.29, 0.717) is 0 Å². The molecule has 0 saturated carbocycles. The number of rotatable bonds is 4. The maximum absolute atomic E-state index is 12.1. The highest BCUT2D eigenvalue weighted by atomic mass is 32.2. The molecular formula is C12H11N5O4S. The van der Waals surface area contributed by atoms with Crippen LogP contribution in [0.25, 0.3) is 0 Å². The van der Waals surface area contributed by atoms with Gasteiger partial charge in [-0.25, -0.2) is 13.5 Å². The van der Waals surface area contributed by atoms with Crippen LogP contribution in [0.1, 0.15) is 20.7 Å². The van der Waals surface area contributed by atoms with E-state index in [1.165, 1.54) is 12.1 Å². The van der Waals surface area contributed by atoms with E-state index in [1.54, 1.807) is 12.1 Å². The number of hydrogen-bond acceptors (Lipinski definition) is 7. The zero-order valence-electron chi connectivity index (χ0n) is 11.2. The average Bonchev–Trinajstić information content (AvgIpc) is 3.02. The van der Waals surface area contributed by atoms with Gasteiger partial charge in [0.15, 0.2) is 0 Å². The van der Waals surface area contributed by atoms with E-state index < -0.39 is 27.4 Å². The minimum Gasteiger partial charge on any atom is -0.366 e. The van der Waals surface area contributed by atoms with E-state index >= 15 is 0 Å². The Bertz CT molecular complexity index is 838. The molecule has 3 rings (SSSR count). The summed E-state index contributed by atoms with van der Waals surface area (Å²) in [5.41, 5.74) is 5.80. The Balaban J connectivity index is 1.78. The summed E-state index contributed by atoms with van der Waals surface area (Å²) in [6.07, 6.45) is 0. The van der Waals surface area contributed by atoms with Crippen LogP contribution >= 0.6 is 0 Å². The van der Waals surface area contributed by atoms with E-state index in [9.17, 15) is 18.0 Å². The number of fused-ring (bicyclic) bond motifs is 1. The number of sulfone groups is 1. The van der Waals surface area contributed by atoms with Crippen molar-refractivity contribution in [3.63, 3.8) is 0 Å². The maximum Gasteiger partial charge on any atom is 0.261 e. The molecule has 0 fully saturated rings. The molecule has 0 spiro atoms. The van der Waals surface area contributed by atoms with Gasteiger partial charge in [0, 0.05) is 6.54 Å². The second-order valence-corrected chi connectivity index (χ2v) is 6.65. The number of carbonyl (C=O) groups is 2. The van der Waals surface area contributed by atoms with Crippen molar-refractivity contribution in [2.24, 2.45) is 0 Å². The number of hydrogen-bond donors (Lipinski definition) is 2. The second-order valence-electron chi connectivity index (χ2n) is 4.63. The number of H-pyrrole nitrogens is 1. The van der Waals surface area contributed by atoms with E-state index in [4.69, 9.17) is 5.73 Å². The van der Waals surface area contributed by atoms with E-state index in [2.05, 4.69) is 15.2 Å². The third-order valence-electron chi connectivity index (χ3n) is 3.24. The molecule has 114 valence electrons. The number of aromatic nitrogens is 3. The van der Waals surface area contributed by atoms with Gasteiger partial charge in [-0.05, 0) is 12.1 Å². The lowest BCUT2D eigenvalue weighted by atomic mass is 10.1. The number of nitrogens with zero attached hydrogens (tertiary/aromatic N) is 3. The van der Waals surface area contributed by atoms with Crippen molar-refractivity contribution in [3.8, 4) is 0 Å². The summed E-state index contributed by atoms with van der Waals surface area (Å²) in [7, 11) is -3.82. The molecule has 0 radical (unpaired) electrons. The highest BCUT2D eigenvalue weighted by Gasteiger charge is 2.36. The van der Waals surface area contributed by atoms with Gasteiger partial charge in [-0.2, -0.15) is 4.98 Å². The Morgan fingerprint density at radius 1 is 1.14 bits per heavy atom. The Labute approximate surface area is 125 Å². The third-order valence-corrected chi connectivity index (χ3v) is 4.73. The molecule has 2 aromatic rings. The van der Waals surface area contributed by atoms with Crippen LogP contribution in [-0.2, 0) is 9.84 Å². The quantitative estimate of drug-likeness (QED) is 0.720. The molecule has 0 atom stereocenters. The molecular weight excluding hydrogens is 310 g/mol. The van der Waals surface area contributed by atoms with Crippen molar-refractivity contribution in [1.29, 1.82) is 0 Å². The van der Waals surface area contributed by atoms with Crippen molar-refractivity contribution in [2.45, 2.75) is 5.16 Å². The largest absolute Gasteiger partial charge is 0.366 e. The molecule has 1 aliphatic heterocycles. The predicted molar refractivity (Wildman–Crippen MR) is 74.7 cm³/mol. The zero-order chi connectivity index (χ0) is 15.9. The van der Waals surface area contributed by atoms with Crippen LogP contribution in [0.5, 0.6) is 0 Å². The number of aromatic amines is 1. The van der Waals surface area contributed by atoms with Crippen molar-refractivity contribution < 1.29 is 18.0 Å². The lowest BCUT2D eigenvalue weighted by Crippen LogP contribution is -2.34. The first kappa shape index (κ1) is 14.2. The van der Waals surface area contributed by atoms with E-state index in [-0.39, 0.29) is 28.8 Å². The SMILES string of the molecule is Nc1n[nH]c(S(=O)(=O)CCN2C(=O)c3ccccc3C2=O)n1. The molecule has 9 nitrogen and oxygen atoms in total. The summed E-state index contributed by atoms with van der Waals surface area (Å²) in [5, 5.41) is 5.25. The summed E-state index contributed by atoms with van der Waals surface area (Å²) in [5.74, 6) is -1.67. The van der Waals surface area contributed by atoms with Crippen LogP contribution in [0.3, 0.4) is 0 Å². The predicted octanol–water partition coefficient (Wildman–Crippen LogP) is -0.543. The molecule has 1 aromatic carbocycles. The molecule has 0 aliphatic carbocycles. The van der Waals surface area contributed by atoms with Crippen molar-refractivity contribution in [2.75, 3.05) is 18.0 Å². The number of amides is 2. The maximum atomic E-state index is 12.1. The Hall–Kier alpha value is -2.75. The molecule has 2 heterocycles. The summed E-state index contributed by atoms with van der Waals surface area (Å²) in [6, 6.07) is 6.34. The van der Waals surface area contributed by atoms with Crippen LogP contribution < -0.4 is 5.73 Å². The van der Waals surface area contributed by atoms with Gasteiger partial charge in [0.2, 0.25) is 20.9 Å². The zero-order valence-corrected chi connectivity index (χ0v) is 12.0. The highest BCUT2D eigenvalue weighted by molar-refractivity contribution is 7.91. The van der Waals surface area contributed by atoms with Gasteiger partial charge < -0.3 is 5.73 Å². The Kier molecular flexibility index (Phi) is 3.17. The van der Waals surface area contributed by atoms with Crippen LogP contribution in [0, 0.1) is 0 Å². The monoisotopic (exact) mass is 321 g/mol. The topological polar surface area (TPSA) is 139 Å². The minimum atomic E-state index is -3.82. The first-order chi connectivity index (χ1) is 10.4. The fourth-order valence-corrected chi connectivity index (χ4v) is 3.18. The lowest BCUT2D eigenvalue weighted by Gasteiger charge is -2.12. The number of benzene rings is 1. The van der Waals surface area contributed by atoms with Gasteiger partial charge in [0.05, 0.1) is 16.9 Å². The van der Waals surface area contributed by atoms with Gasteiger partial charge in [-0.3, -0.25) is 14.5 Å². The summed E-state index contributed by atoms with van der Waals surface area (Å²) >= 11 is 0. The van der Waals surface area contributed by atoms with Crippen LogP contribution in [0.4, 0.5) is 5.95 Å². The molecule has 1 aromatic heterocycles. The molecule has 2 amide bonds. The van der Waals surface area contributed by atoms with Gasteiger partial charge in [0.1, 0.15) is 0 Å². The number of carbonyl (C=O) groups excluding carboxylic acids is 2. The van der Waals surface area contributed by atoms with Crippen LogP contribution in [0.2, 0.25) is 0 Å². The molecule has 1 aliphatic rings. The highest BCUT2D eigenvalue weighted by Crippen LogP contribution is 2.22. The number of nitrogen functional groups attached to an aromatic ring is 1. The molecule has 10 heteroatoms. The van der Waals surface area contributed by atoms with Crippen molar-refractivity contribution in [1.82, 2.24) is 20.1 Å². The third kappa shape index (κ3) is 2.22. The number of nitrogens with one attached hydrogen (secondary N) is 1. The smallest absolute Gasteiger partial charge is 0.261 e. The molecule has 0 saturated heterocycles. The molecule has 22 heavy (non-hydrogen) atoms. The fourth-order valence-electron chi connectivity index (χ4n) is 2.15. The van der Waals surface area contributed by atoms with Gasteiger partial charge >= 0.3 is 0 Å². The van der Waals surface area contributed by atoms with Crippen molar-refractivity contribution >= 4 is 27.6 Å². The standard InChI is InChI=1S/C12H11N5O4S/c13-11-14-12(16-15-11)22(20,21)6-5-17-9(18)7-3-1-2-4-8(7)10(17)19/h1-4H,5-6H2,(H3,13,14,15,16). The molecule has 0 unspecified atom stereocenters. The summed E-state index contributed by atoms with van der Waals surface area (Å²) in [4.78, 5) is 28.7. The number of imide groups is 1. The van der Waals surface area contributed by atoms with Gasteiger partial charge in [-0.1, -0.05) is 12.1 Å². The minimum absolute atomic E-state index is 0.195. The average molecular weight is 321 g/mol. The number of anilines is 1. The molecule has 3 N–H and O–H groups in total. The van der Waals surface area contributed by atoms with Crippen LogP contribution in [-0.4, -0.2) is 52.6 Å². The molecule has 0 bridgehead atoms. The first-order valence-corrected chi connectivity index (χ1v) is 7.91. The normalized spacial score (nSPS) is 14.5. The lowest BCUT2D eigenvalue weighted by molar-refractivity contribution is 0.0664. The van der Waals surface area contributed by atoms with Gasteiger partial charge in [-0.15, -0.1) is 5.10 Å². The van der Waals surface area contributed by atoms with Gasteiger partial charge in [0.25, 0.3) is 11.8 Å².